The highest BCUT2D eigenvalue weighted by Crippen LogP contribution is 2.24. The molecule has 18 heavy (non-hydrogen) atoms. The van der Waals surface area contributed by atoms with Crippen LogP contribution in [-0.2, 0) is 0 Å². The molecule has 1 aromatic carbocycles. The molecule has 2 nitrogen and oxygen atoms in total. The van der Waals surface area contributed by atoms with Gasteiger partial charge in [0, 0.05) is 18.6 Å². The summed E-state index contributed by atoms with van der Waals surface area (Å²) in [6, 6.07) is 9.44. The maximum atomic E-state index is 6.33. The molecule has 3 unspecified atom stereocenters. The van der Waals surface area contributed by atoms with Gasteiger partial charge in [0.2, 0.25) is 0 Å². The average Bonchev–Trinajstić information content (AvgIpc) is 2.33. The van der Waals surface area contributed by atoms with Crippen molar-refractivity contribution in [3.05, 3.63) is 35.4 Å². The third kappa shape index (κ3) is 3.33. The van der Waals surface area contributed by atoms with Gasteiger partial charge in [-0.15, -0.1) is 0 Å². The standard InChI is InChI=1S/C16H26N2/c1-12-4-6-15(7-5-12)16(17)11-18-9-8-13(2)10-14(18)3/h4-7,13-14,16H,8-11,17H2,1-3H3. The molecule has 2 heteroatoms. The molecule has 1 fully saturated rings. The molecule has 1 saturated heterocycles. The van der Waals surface area contributed by atoms with Gasteiger partial charge in [0.25, 0.3) is 0 Å². The van der Waals surface area contributed by atoms with Crippen molar-refractivity contribution in [3.8, 4) is 0 Å². The van der Waals surface area contributed by atoms with Crippen LogP contribution in [0.1, 0.15) is 43.9 Å². The van der Waals surface area contributed by atoms with E-state index in [0.29, 0.717) is 6.04 Å². The Bertz CT molecular complexity index is 371. The molecular formula is C16H26N2. The molecule has 0 aliphatic carbocycles. The third-order valence-corrected chi connectivity index (χ3v) is 4.21. The van der Waals surface area contributed by atoms with E-state index in [1.54, 1.807) is 0 Å². The lowest BCUT2D eigenvalue weighted by Crippen LogP contribution is -2.43. The van der Waals surface area contributed by atoms with Crippen molar-refractivity contribution < 1.29 is 0 Å². The number of hydrogen-bond acceptors (Lipinski definition) is 2. The van der Waals surface area contributed by atoms with Gasteiger partial charge in [-0.3, -0.25) is 4.90 Å². The summed E-state index contributed by atoms with van der Waals surface area (Å²) >= 11 is 0. The number of rotatable bonds is 3. The van der Waals surface area contributed by atoms with E-state index in [9.17, 15) is 0 Å². The van der Waals surface area contributed by atoms with E-state index in [2.05, 4.69) is 49.9 Å². The summed E-state index contributed by atoms with van der Waals surface area (Å²) in [5, 5.41) is 0. The van der Waals surface area contributed by atoms with Crippen LogP contribution in [0.5, 0.6) is 0 Å². The summed E-state index contributed by atoms with van der Waals surface area (Å²) in [7, 11) is 0. The second-order valence-corrected chi connectivity index (χ2v) is 5.99. The van der Waals surface area contributed by atoms with Crippen LogP contribution < -0.4 is 5.73 Å². The SMILES string of the molecule is Cc1ccc(C(N)CN2CCC(C)CC2C)cc1. The molecule has 2 rings (SSSR count). The molecule has 1 aromatic rings. The fourth-order valence-corrected chi connectivity index (χ4v) is 2.90. The molecule has 1 aliphatic heterocycles. The van der Waals surface area contributed by atoms with Crippen LogP contribution in [0.4, 0.5) is 0 Å². The van der Waals surface area contributed by atoms with Gasteiger partial charge in [0.1, 0.15) is 0 Å². The highest BCUT2D eigenvalue weighted by atomic mass is 15.2. The Morgan fingerprint density at radius 1 is 1.28 bits per heavy atom. The second kappa shape index (κ2) is 5.85. The zero-order valence-corrected chi connectivity index (χ0v) is 11.9. The van der Waals surface area contributed by atoms with Crippen LogP contribution >= 0.6 is 0 Å². The first kappa shape index (κ1) is 13.6. The van der Waals surface area contributed by atoms with E-state index in [1.165, 1.54) is 30.5 Å². The van der Waals surface area contributed by atoms with E-state index in [4.69, 9.17) is 5.73 Å². The van der Waals surface area contributed by atoms with Crippen molar-refractivity contribution in [2.45, 2.75) is 45.7 Å². The van der Waals surface area contributed by atoms with Gasteiger partial charge in [0.15, 0.2) is 0 Å². The Kier molecular flexibility index (Phi) is 4.41. The molecule has 0 saturated carbocycles. The molecule has 0 spiro atoms. The Labute approximate surface area is 111 Å². The first-order valence-corrected chi connectivity index (χ1v) is 7.12. The smallest absolute Gasteiger partial charge is 0.0424 e. The summed E-state index contributed by atoms with van der Waals surface area (Å²) in [6.07, 6.45) is 2.62. The highest BCUT2D eigenvalue weighted by molar-refractivity contribution is 5.24. The van der Waals surface area contributed by atoms with Crippen molar-refractivity contribution in [1.82, 2.24) is 4.90 Å². The van der Waals surface area contributed by atoms with E-state index in [0.717, 1.165) is 12.5 Å². The van der Waals surface area contributed by atoms with Crippen LogP contribution in [0.3, 0.4) is 0 Å². The predicted octanol–water partition coefficient (Wildman–Crippen LogP) is 3.12. The molecule has 0 aromatic heterocycles. The number of hydrogen-bond donors (Lipinski definition) is 1. The van der Waals surface area contributed by atoms with Crippen molar-refractivity contribution in [1.29, 1.82) is 0 Å². The van der Waals surface area contributed by atoms with E-state index in [-0.39, 0.29) is 6.04 Å². The summed E-state index contributed by atoms with van der Waals surface area (Å²) < 4.78 is 0. The largest absolute Gasteiger partial charge is 0.323 e. The quantitative estimate of drug-likeness (QED) is 0.888. The number of likely N-dealkylation sites (tertiary alicyclic amines) is 1. The predicted molar refractivity (Wildman–Crippen MR) is 77.5 cm³/mol. The number of piperidine rings is 1. The minimum absolute atomic E-state index is 0.140. The molecule has 0 radical (unpaired) electrons. The summed E-state index contributed by atoms with van der Waals surface area (Å²) in [5.74, 6) is 0.867. The van der Waals surface area contributed by atoms with Gasteiger partial charge in [-0.25, -0.2) is 0 Å². The van der Waals surface area contributed by atoms with Crippen molar-refractivity contribution in [2.75, 3.05) is 13.1 Å². The van der Waals surface area contributed by atoms with Crippen molar-refractivity contribution >= 4 is 0 Å². The van der Waals surface area contributed by atoms with Gasteiger partial charge in [-0.1, -0.05) is 36.8 Å². The van der Waals surface area contributed by atoms with Crippen LogP contribution in [-0.4, -0.2) is 24.0 Å². The van der Waals surface area contributed by atoms with Crippen LogP contribution in [0, 0.1) is 12.8 Å². The zero-order chi connectivity index (χ0) is 13.1. The van der Waals surface area contributed by atoms with Gasteiger partial charge in [0.05, 0.1) is 0 Å². The third-order valence-electron chi connectivity index (χ3n) is 4.21. The summed E-state index contributed by atoms with van der Waals surface area (Å²) in [6.45, 7) is 8.98. The Morgan fingerprint density at radius 3 is 2.56 bits per heavy atom. The molecule has 100 valence electrons. The van der Waals surface area contributed by atoms with Gasteiger partial charge in [-0.05, 0) is 44.7 Å². The summed E-state index contributed by atoms with van der Waals surface area (Å²) in [5.41, 5.74) is 8.88. The van der Waals surface area contributed by atoms with E-state index < -0.39 is 0 Å². The average molecular weight is 246 g/mol. The topological polar surface area (TPSA) is 29.3 Å². The summed E-state index contributed by atoms with van der Waals surface area (Å²) in [4.78, 5) is 2.55. The molecule has 0 amide bonds. The number of nitrogens with zero attached hydrogens (tertiary/aromatic N) is 1. The first-order valence-electron chi connectivity index (χ1n) is 7.12. The van der Waals surface area contributed by atoms with Gasteiger partial charge >= 0.3 is 0 Å². The zero-order valence-electron chi connectivity index (χ0n) is 11.9. The number of nitrogens with two attached hydrogens (primary N) is 1. The molecular weight excluding hydrogens is 220 g/mol. The maximum absolute atomic E-state index is 6.33. The fraction of sp³-hybridized carbons (Fsp3) is 0.625. The van der Waals surface area contributed by atoms with Crippen LogP contribution in [0.2, 0.25) is 0 Å². The second-order valence-electron chi connectivity index (χ2n) is 5.99. The normalized spacial score (nSPS) is 27.1. The lowest BCUT2D eigenvalue weighted by molar-refractivity contribution is 0.122. The Balaban J connectivity index is 1.94. The Morgan fingerprint density at radius 2 is 1.94 bits per heavy atom. The minimum atomic E-state index is 0.140. The highest BCUT2D eigenvalue weighted by Gasteiger charge is 2.24. The molecule has 0 bridgehead atoms. The molecule has 1 heterocycles. The molecule has 1 aliphatic rings. The van der Waals surface area contributed by atoms with E-state index >= 15 is 0 Å². The van der Waals surface area contributed by atoms with E-state index in [1.807, 2.05) is 0 Å². The van der Waals surface area contributed by atoms with Crippen molar-refractivity contribution in [2.24, 2.45) is 11.7 Å². The fourth-order valence-electron chi connectivity index (χ4n) is 2.90. The van der Waals surface area contributed by atoms with Crippen LogP contribution in [0.15, 0.2) is 24.3 Å². The lowest BCUT2D eigenvalue weighted by Gasteiger charge is -2.38. The molecule has 2 N–H and O–H groups in total. The van der Waals surface area contributed by atoms with Gasteiger partial charge < -0.3 is 5.73 Å². The number of aryl methyl sites for hydroxylation is 1. The lowest BCUT2D eigenvalue weighted by atomic mass is 9.92. The number of benzene rings is 1. The maximum Gasteiger partial charge on any atom is 0.0424 e. The monoisotopic (exact) mass is 246 g/mol. The van der Waals surface area contributed by atoms with Gasteiger partial charge in [-0.2, -0.15) is 0 Å². The van der Waals surface area contributed by atoms with Crippen molar-refractivity contribution in [3.63, 3.8) is 0 Å². The minimum Gasteiger partial charge on any atom is -0.323 e. The Hall–Kier alpha value is -0.860. The first-order chi connectivity index (χ1) is 8.56. The van der Waals surface area contributed by atoms with Crippen LogP contribution in [0.25, 0.3) is 0 Å². The molecule has 3 atom stereocenters.